The zero-order valence-corrected chi connectivity index (χ0v) is 12.4. The van der Waals surface area contributed by atoms with Gasteiger partial charge < -0.3 is 10.1 Å². The lowest BCUT2D eigenvalue weighted by molar-refractivity contribution is -0.147. The molecule has 0 spiro atoms. The third-order valence-corrected chi connectivity index (χ3v) is 4.33. The molecule has 1 aliphatic rings. The fourth-order valence-corrected chi connectivity index (χ4v) is 2.71. The fraction of sp³-hybridized carbons (Fsp3) is 0.929. The highest BCUT2D eigenvalue weighted by atomic mass is 16.5. The molecular formula is C14H28N2O2. The van der Waals surface area contributed by atoms with Crippen LogP contribution in [-0.4, -0.2) is 49.2 Å². The number of ether oxygens (including phenoxy) is 1. The molecule has 18 heavy (non-hydrogen) atoms. The third kappa shape index (κ3) is 3.45. The Kier molecular flexibility index (Phi) is 6.09. The number of esters is 1. The van der Waals surface area contributed by atoms with Gasteiger partial charge in [0.2, 0.25) is 0 Å². The summed E-state index contributed by atoms with van der Waals surface area (Å²) >= 11 is 0. The maximum Gasteiger partial charge on any atom is 0.309 e. The summed E-state index contributed by atoms with van der Waals surface area (Å²) in [6.07, 6.45) is 2.24. The Morgan fingerprint density at radius 2 is 2.06 bits per heavy atom. The smallest absolute Gasteiger partial charge is 0.309 e. The van der Waals surface area contributed by atoms with Gasteiger partial charge in [0, 0.05) is 31.2 Å². The highest BCUT2D eigenvalue weighted by molar-refractivity contribution is 5.72. The van der Waals surface area contributed by atoms with Crippen molar-refractivity contribution >= 4 is 5.97 Å². The lowest BCUT2D eigenvalue weighted by atomic mass is 9.96. The molecule has 1 fully saturated rings. The predicted octanol–water partition coefficient (Wildman–Crippen LogP) is 1.65. The molecule has 106 valence electrons. The molecule has 0 aliphatic carbocycles. The number of rotatable bonds is 5. The Hall–Kier alpha value is -0.610. The Bertz CT molecular complexity index is 271. The molecule has 0 aromatic heterocycles. The highest BCUT2D eigenvalue weighted by Crippen LogP contribution is 2.20. The number of carbonyl (C=O) groups is 1. The molecule has 1 saturated heterocycles. The van der Waals surface area contributed by atoms with Crippen LogP contribution in [0.1, 0.15) is 40.5 Å². The number of hydrogen-bond acceptors (Lipinski definition) is 4. The van der Waals surface area contributed by atoms with E-state index in [0.29, 0.717) is 12.1 Å². The molecule has 0 bridgehead atoms. The summed E-state index contributed by atoms with van der Waals surface area (Å²) in [7, 11) is 1.47. The molecule has 4 heteroatoms. The number of nitrogens with one attached hydrogen (secondary N) is 1. The first-order chi connectivity index (χ1) is 8.54. The van der Waals surface area contributed by atoms with Crippen LogP contribution in [0.4, 0.5) is 0 Å². The minimum atomic E-state index is -0.107. The van der Waals surface area contributed by atoms with E-state index in [1.165, 1.54) is 7.11 Å². The first-order valence-electron chi connectivity index (χ1n) is 7.12. The largest absolute Gasteiger partial charge is 0.469 e. The Morgan fingerprint density at radius 3 is 2.56 bits per heavy atom. The second-order valence-electron chi connectivity index (χ2n) is 5.32. The van der Waals surface area contributed by atoms with Gasteiger partial charge >= 0.3 is 5.97 Å². The molecule has 0 saturated carbocycles. The maximum atomic E-state index is 11.7. The van der Waals surface area contributed by atoms with Gasteiger partial charge in [-0.2, -0.15) is 0 Å². The van der Waals surface area contributed by atoms with E-state index in [9.17, 15) is 4.79 Å². The topological polar surface area (TPSA) is 41.6 Å². The molecule has 0 radical (unpaired) electrons. The van der Waals surface area contributed by atoms with Crippen molar-refractivity contribution in [3.05, 3.63) is 0 Å². The average molecular weight is 256 g/mol. The second-order valence-corrected chi connectivity index (χ2v) is 5.32. The van der Waals surface area contributed by atoms with E-state index in [1.807, 2.05) is 6.92 Å². The van der Waals surface area contributed by atoms with Crippen molar-refractivity contribution in [1.82, 2.24) is 10.2 Å². The standard InChI is InChI=1S/C14H28N2O2/c1-6-12-9-16(13(7-2)8-15-12)11(4)10(3)14(17)18-5/h10-13,15H,6-9H2,1-5H3. The third-order valence-electron chi connectivity index (χ3n) is 4.33. The SMILES string of the molecule is CCC1CN(C(C)C(C)C(=O)OC)C(CC)CN1. The van der Waals surface area contributed by atoms with E-state index in [4.69, 9.17) is 4.74 Å². The van der Waals surface area contributed by atoms with Gasteiger partial charge in [-0.3, -0.25) is 9.69 Å². The van der Waals surface area contributed by atoms with Gasteiger partial charge in [-0.25, -0.2) is 0 Å². The monoisotopic (exact) mass is 256 g/mol. The van der Waals surface area contributed by atoms with Crippen LogP contribution in [0.25, 0.3) is 0 Å². The molecule has 1 rings (SSSR count). The van der Waals surface area contributed by atoms with Crippen LogP contribution in [0.2, 0.25) is 0 Å². The van der Waals surface area contributed by atoms with E-state index >= 15 is 0 Å². The molecule has 0 aromatic rings. The van der Waals surface area contributed by atoms with Crippen molar-refractivity contribution in [2.24, 2.45) is 5.92 Å². The summed E-state index contributed by atoms with van der Waals surface area (Å²) in [4.78, 5) is 14.2. The van der Waals surface area contributed by atoms with E-state index < -0.39 is 0 Å². The minimum absolute atomic E-state index is 0.0698. The van der Waals surface area contributed by atoms with Crippen molar-refractivity contribution in [3.8, 4) is 0 Å². The second kappa shape index (κ2) is 7.10. The molecule has 4 atom stereocenters. The zero-order chi connectivity index (χ0) is 13.7. The number of carbonyl (C=O) groups excluding carboxylic acids is 1. The predicted molar refractivity (Wildman–Crippen MR) is 73.5 cm³/mol. The minimum Gasteiger partial charge on any atom is -0.469 e. The van der Waals surface area contributed by atoms with E-state index in [0.717, 1.165) is 25.9 Å². The van der Waals surface area contributed by atoms with E-state index in [-0.39, 0.29) is 17.9 Å². The molecule has 4 nitrogen and oxygen atoms in total. The quantitative estimate of drug-likeness (QED) is 0.759. The Morgan fingerprint density at radius 1 is 1.39 bits per heavy atom. The molecule has 4 unspecified atom stereocenters. The van der Waals surface area contributed by atoms with Crippen LogP contribution in [-0.2, 0) is 9.53 Å². The lowest BCUT2D eigenvalue weighted by Gasteiger charge is -2.44. The van der Waals surface area contributed by atoms with Crippen LogP contribution < -0.4 is 5.32 Å². The lowest BCUT2D eigenvalue weighted by Crippen LogP contribution is -2.60. The van der Waals surface area contributed by atoms with Crippen LogP contribution in [0.5, 0.6) is 0 Å². The van der Waals surface area contributed by atoms with Crippen molar-refractivity contribution in [2.75, 3.05) is 20.2 Å². The van der Waals surface area contributed by atoms with Crippen LogP contribution >= 0.6 is 0 Å². The Labute approximate surface area is 111 Å². The fourth-order valence-electron chi connectivity index (χ4n) is 2.71. The summed E-state index contributed by atoms with van der Waals surface area (Å²) in [5, 5.41) is 3.58. The molecular weight excluding hydrogens is 228 g/mol. The van der Waals surface area contributed by atoms with Crippen molar-refractivity contribution < 1.29 is 9.53 Å². The van der Waals surface area contributed by atoms with Crippen LogP contribution in [0, 0.1) is 5.92 Å². The zero-order valence-electron chi connectivity index (χ0n) is 12.4. The molecule has 1 aliphatic heterocycles. The number of methoxy groups -OCH3 is 1. The average Bonchev–Trinajstić information content (AvgIpc) is 2.43. The first kappa shape index (κ1) is 15.4. The highest BCUT2D eigenvalue weighted by Gasteiger charge is 2.34. The van der Waals surface area contributed by atoms with Crippen molar-refractivity contribution in [2.45, 2.75) is 58.7 Å². The summed E-state index contributed by atoms with van der Waals surface area (Å²) < 4.78 is 4.86. The van der Waals surface area contributed by atoms with Gasteiger partial charge in [-0.1, -0.05) is 20.8 Å². The van der Waals surface area contributed by atoms with Gasteiger partial charge in [0.1, 0.15) is 0 Å². The Balaban J connectivity index is 2.72. The molecule has 0 aromatic carbocycles. The number of nitrogens with zero attached hydrogens (tertiary/aromatic N) is 1. The molecule has 0 amide bonds. The van der Waals surface area contributed by atoms with Crippen LogP contribution in [0.15, 0.2) is 0 Å². The summed E-state index contributed by atoms with van der Waals surface area (Å²) in [5.41, 5.74) is 0. The van der Waals surface area contributed by atoms with Gasteiger partial charge in [-0.15, -0.1) is 0 Å². The van der Waals surface area contributed by atoms with Crippen LogP contribution in [0.3, 0.4) is 0 Å². The number of piperazine rings is 1. The van der Waals surface area contributed by atoms with Gasteiger partial charge in [0.15, 0.2) is 0 Å². The van der Waals surface area contributed by atoms with E-state index in [1.54, 1.807) is 0 Å². The van der Waals surface area contributed by atoms with Gasteiger partial charge in [-0.05, 0) is 19.8 Å². The van der Waals surface area contributed by atoms with Gasteiger partial charge in [0.05, 0.1) is 13.0 Å². The van der Waals surface area contributed by atoms with E-state index in [2.05, 4.69) is 31.0 Å². The van der Waals surface area contributed by atoms with Crippen molar-refractivity contribution in [3.63, 3.8) is 0 Å². The molecule has 1 N–H and O–H groups in total. The summed E-state index contributed by atoms with van der Waals surface area (Å²) in [6.45, 7) is 10.6. The summed E-state index contributed by atoms with van der Waals surface area (Å²) in [6, 6.07) is 1.30. The normalized spacial score (nSPS) is 28.7. The molecule has 1 heterocycles. The maximum absolute atomic E-state index is 11.7. The van der Waals surface area contributed by atoms with Gasteiger partial charge in [0.25, 0.3) is 0 Å². The summed E-state index contributed by atoms with van der Waals surface area (Å²) in [5.74, 6) is -0.177. The number of hydrogen-bond donors (Lipinski definition) is 1. The van der Waals surface area contributed by atoms with Crippen molar-refractivity contribution in [1.29, 1.82) is 0 Å². The first-order valence-corrected chi connectivity index (χ1v) is 7.12.